The second-order valence-electron chi connectivity index (χ2n) is 7.35. The zero-order valence-electron chi connectivity index (χ0n) is 17.5. The molecule has 1 aromatic heterocycles. The van der Waals surface area contributed by atoms with Crippen LogP contribution in [0.1, 0.15) is 0 Å². The summed E-state index contributed by atoms with van der Waals surface area (Å²) in [7, 11) is 3.07. The topological polar surface area (TPSA) is 133 Å². The van der Waals surface area contributed by atoms with Gasteiger partial charge in [-0.15, -0.1) is 0 Å². The molecular formula is C23H16N4O6. The van der Waals surface area contributed by atoms with Gasteiger partial charge < -0.3 is 14.5 Å². The number of aromatic nitrogens is 2. The van der Waals surface area contributed by atoms with Crippen LogP contribution in [-0.2, 0) is 0 Å². The monoisotopic (exact) mass is 444 g/mol. The number of nitro groups is 2. The first-order chi connectivity index (χ1) is 15.9. The number of rotatable bonds is 5. The first-order valence-electron chi connectivity index (χ1n) is 9.81. The van der Waals surface area contributed by atoms with Crippen LogP contribution in [0, 0.1) is 20.2 Å². The Morgan fingerprint density at radius 3 is 1.97 bits per heavy atom. The van der Waals surface area contributed by atoms with Crippen molar-refractivity contribution in [3.8, 4) is 22.9 Å². The van der Waals surface area contributed by atoms with Gasteiger partial charge in [0, 0.05) is 40.6 Å². The fraction of sp³-hybridized carbons (Fsp3) is 0.0870. The summed E-state index contributed by atoms with van der Waals surface area (Å²) in [5.74, 6) is 1.55. The lowest BCUT2D eigenvalue weighted by Crippen LogP contribution is -1.91. The molecule has 10 nitrogen and oxygen atoms in total. The average molecular weight is 444 g/mol. The maximum absolute atomic E-state index is 11.4. The number of nitro benzene ring substituents is 2. The van der Waals surface area contributed by atoms with Crippen molar-refractivity contribution in [1.29, 1.82) is 0 Å². The van der Waals surface area contributed by atoms with Crippen molar-refractivity contribution in [3.63, 3.8) is 0 Å². The van der Waals surface area contributed by atoms with Gasteiger partial charge in [0.2, 0.25) is 0 Å². The molecule has 0 aliphatic carbocycles. The third-order valence-electron chi connectivity index (χ3n) is 5.60. The third-order valence-corrected chi connectivity index (χ3v) is 5.60. The first-order valence-corrected chi connectivity index (χ1v) is 9.81. The summed E-state index contributed by atoms with van der Waals surface area (Å²) in [5, 5.41) is 25.4. The molecule has 164 valence electrons. The van der Waals surface area contributed by atoms with Crippen LogP contribution in [0.4, 0.5) is 11.4 Å². The molecule has 5 rings (SSSR count). The summed E-state index contributed by atoms with van der Waals surface area (Å²) >= 11 is 0. The van der Waals surface area contributed by atoms with E-state index in [0.29, 0.717) is 50.1 Å². The molecule has 0 unspecified atom stereocenters. The van der Waals surface area contributed by atoms with E-state index >= 15 is 0 Å². The lowest BCUT2D eigenvalue weighted by Gasteiger charge is -2.08. The summed E-state index contributed by atoms with van der Waals surface area (Å²) in [5.41, 5.74) is 1.59. The Balaban J connectivity index is 1.88. The molecule has 0 atom stereocenters. The molecule has 0 amide bonds. The number of aromatic amines is 1. The molecule has 0 saturated carbocycles. The summed E-state index contributed by atoms with van der Waals surface area (Å²) < 4.78 is 10.7. The fourth-order valence-electron chi connectivity index (χ4n) is 4.05. The molecule has 0 aliphatic rings. The van der Waals surface area contributed by atoms with Gasteiger partial charge in [-0.1, -0.05) is 0 Å². The van der Waals surface area contributed by atoms with Crippen LogP contribution in [0.15, 0.2) is 54.6 Å². The molecule has 0 saturated heterocycles. The average Bonchev–Trinajstić information content (AvgIpc) is 3.29. The molecule has 0 spiro atoms. The number of ether oxygens (including phenoxy) is 2. The van der Waals surface area contributed by atoms with E-state index in [9.17, 15) is 20.2 Å². The number of hydrogen-bond acceptors (Lipinski definition) is 7. The first kappa shape index (κ1) is 20.2. The molecule has 0 aliphatic heterocycles. The predicted molar refractivity (Wildman–Crippen MR) is 123 cm³/mol. The number of non-ortho nitro benzene ring substituents is 2. The van der Waals surface area contributed by atoms with Crippen LogP contribution < -0.4 is 9.47 Å². The number of hydrogen-bond donors (Lipinski definition) is 1. The van der Waals surface area contributed by atoms with Crippen molar-refractivity contribution in [3.05, 3.63) is 74.8 Å². The predicted octanol–water partition coefficient (Wildman–Crippen LogP) is 5.37. The standard InChI is InChI=1S/C23H16N4O6/c1-32-19-8-3-12(9-20(19)33-2)23-24-21-17-10-13(26(28)29)4-6-15(17)16-7-5-14(27(30)31)11-18(16)22(21)25-23/h3-11H,1-2H3,(H,24,25). The van der Waals surface area contributed by atoms with E-state index in [0.717, 1.165) is 5.39 Å². The summed E-state index contributed by atoms with van der Waals surface area (Å²) in [6.45, 7) is 0. The number of imidazole rings is 1. The minimum absolute atomic E-state index is 0.0627. The van der Waals surface area contributed by atoms with E-state index in [-0.39, 0.29) is 11.4 Å². The molecule has 33 heavy (non-hydrogen) atoms. The van der Waals surface area contributed by atoms with Gasteiger partial charge in [-0.05, 0) is 41.1 Å². The van der Waals surface area contributed by atoms with Crippen molar-refractivity contribution < 1.29 is 19.3 Å². The highest BCUT2D eigenvalue weighted by atomic mass is 16.6. The molecule has 4 aromatic carbocycles. The summed E-state index contributed by atoms with van der Waals surface area (Å²) in [6, 6.07) is 14.4. The Kier molecular flexibility index (Phi) is 4.56. The highest BCUT2D eigenvalue weighted by molar-refractivity contribution is 6.24. The van der Waals surface area contributed by atoms with Crippen molar-refractivity contribution in [2.24, 2.45) is 0 Å². The molecule has 0 fully saturated rings. The van der Waals surface area contributed by atoms with Gasteiger partial charge in [0.15, 0.2) is 11.5 Å². The Bertz CT molecular complexity index is 1520. The zero-order chi connectivity index (χ0) is 23.3. The number of nitrogens with zero attached hydrogens (tertiary/aromatic N) is 3. The highest BCUT2D eigenvalue weighted by Crippen LogP contribution is 2.39. The highest BCUT2D eigenvalue weighted by Gasteiger charge is 2.19. The molecule has 10 heteroatoms. The Labute approximate surface area is 185 Å². The normalized spacial score (nSPS) is 11.2. The van der Waals surface area contributed by atoms with Gasteiger partial charge >= 0.3 is 0 Å². The van der Waals surface area contributed by atoms with E-state index in [2.05, 4.69) is 4.98 Å². The Hall–Kier alpha value is -4.73. The van der Waals surface area contributed by atoms with Gasteiger partial charge in [-0.25, -0.2) is 4.98 Å². The maximum atomic E-state index is 11.4. The quantitative estimate of drug-likeness (QED) is 0.219. The molecular weight excluding hydrogens is 428 g/mol. The molecule has 0 bridgehead atoms. The minimum atomic E-state index is -0.465. The number of nitrogens with one attached hydrogen (secondary N) is 1. The van der Waals surface area contributed by atoms with E-state index in [1.165, 1.54) is 38.5 Å². The largest absolute Gasteiger partial charge is 0.493 e. The number of benzene rings is 4. The molecule has 1 heterocycles. The minimum Gasteiger partial charge on any atom is -0.493 e. The molecule has 0 radical (unpaired) electrons. The number of H-pyrrole nitrogens is 1. The van der Waals surface area contributed by atoms with Crippen LogP contribution in [0.25, 0.3) is 44.0 Å². The van der Waals surface area contributed by atoms with E-state index in [4.69, 9.17) is 14.5 Å². The molecule has 1 N–H and O–H groups in total. The Morgan fingerprint density at radius 1 is 0.758 bits per heavy atom. The lowest BCUT2D eigenvalue weighted by molar-refractivity contribution is -0.384. The number of methoxy groups -OCH3 is 2. The molecule has 5 aromatic rings. The van der Waals surface area contributed by atoms with Crippen molar-refractivity contribution in [2.75, 3.05) is 14.2 Å². The van der Waals surface area contributed by atoms with Gasteiger partial charge in [0.1, 0.15) is 5.82 Å². The van der Waals surface area contributed by atoms with E-state index < -0.39 is 9.85 Å². The van der Waals surface area contributed by atoms with Crippen molar-refractivity contribution >= 4 is 44.0 Å². The van der Waals surface area contributed by atoms with Gasteiger partial charge in [-0.3, -0.25) is 20.2 Å². The van der Waals surface area contributed by atoms with Crippen molar-refractivity contribution in [2.45, 2.75) is 0 Å². The zero-order valence-corrected chi connectivity index (χ0v) is 17.5. The van der Waals surface area contributed by atoms with Crippen molar-refractivity contribution in [1.82, 2.24) is 9.97 Å². The second-order valence-corrected chi connectivity index (χ2v) is 7.35. The van der Waals surface area contributed by atoms with Crippen LogP contribution in [-0.4, -0.2) is 34.0 Å². The summed E-state index contributed by atoms with van der Waals surface area (Å²) in [6.07, 6.45) is 0. The SMILES string of the molecule is COc1ccc(-c2nc3c4cc([N+](=O)[O-])ccc4c4ccc([N+](=O)[O-])cc4c3[nH]2)cc1OC. The van der Waals surface area contributed by atoms with Gasteiger partial charge in [-0.2, -0.15) is 0 Å². The van der Waals surface area contributed by atoms with E-state index in [1.807, 2.05) is 0 Å². The Morgan fingerprint density at radius 2 is 1.36 bits per heavy atom. The van der Waals surface area contributed by atoms with Gasteiger partial charge in [0.05, 0.1) is 35.1 Å². The van der Waals surface area contributed by atoms with Crippen LogP contribution in [0.5, 0.6) is 11.5 Å². The number of fused-ring (bicyclic) bond motifs is 6. The van der Waals surface area contributed by atoms with Crippen LogP contribution >= 0.6 is 0 Å². The fourth-order valence-corrected chi connectivity index (χ4v) is 4.05. The van der Waals surface area contributed by atoms with Crippen LogP contribution in [0.2, 0.25) is 0 Å². The smallest absolute Gasteiger partial charge is 0.270 e. The second kappa shape index (κ2) is 7.45. The summed E-state index contributed by atoms with van der Waals surface area (Å²) in [4.78, 5) is 29.8. The van der Waals surface area contributed by atoms with Crippen LogP contribution in [0.3, 0.4) is 0 Å². The van der Waals surface area contributed by atoms with Gasteiger partial charge in [0.25, 0.3) is 11.4 Å². The third kappa shape index (κ3) is 3.16. The lowest BCUT2D eigenvalue weighted by atomic mass is 9.99. The van der Waals surface area contributed by atoms with E-state index in [1.54, 1.807) is 30.3 Å². The maximum Gasteiger partial charge on any atom is 0.270 e.